The molecule has 5 nitrogen and oxygen atoms in total. The zero-order valence-corrected chi connectivity index (χ0v) is 10.9. The summed E-state index contributed by atoms with van der Waals surface area (Å²) < 4.78 is 5.35. The van der Waals surface area contributed by atoms with Crippen molar-refractivity contribution < 1.29 is 4.42 Å². The van der Waals surface area contributed by atoms with Gasteiger partial charge in [0.05, 0.1) is 6.21 Å². The molecule has 6 heteroatoms. The Morgan fingerprint density at radius 2 is 2.50 bits per heavy atom. The van der Waals surface area contributed by atoms with Crippen LogP contribution in [0.15, 0.2) is 21.0 Å². The number of hydrogen-bond acceptors (Lipinski definition) is 6. The van der Waals surface area contributed by atoms with E-state index in [1.807, 2.05) is 31.4 Å². The van der Waals surface area contributed by atoms with Crippen LogP contribution in [0.3, 0.4) is 0 Å². The van der Waals surface area contributed by atoms with E-state index in [1.54, 1.807) is 17.6 Å². The summed E-state index contributed by atoms with van der Waals surface area (Å²) in [6.07, 6.45) is 2.35. The summed E-state index contributed by atoms with van der Waals surface area (Å²) in [7, 11) is 0. The topological polar surface area (TPSA) is 74.2 Å². The SMILES string of the molecule is CCc1nc(C#N)c(NN=Cc2sccc2C)o1. The number of nitriles is 1. The van der Waals surface area contributed by atoms with Crippen LogP contribution < -0.4 is 5.43 Å². The molecule has 2 rings (SSSR count). The first-order valence-electron chi connectivity index (χ1n) is 5.47. The minimum atomic E-state index is 0.229. The number of thiophene rings is 1. The van der Waals surface area contributed by atoms with E-state index in [2.05, 4.69) is 15.5 Å². The molecule has 1 N–H and O–H groups in total. The lowest BCUT2D eigenvalue weighted by Gasteiger charge is -1.94. The fourth-order valence-corrected chi connectivity index (χ4v) is 2.12. The van der Waals surface area contributed by atoms with Gasteiger partial charge < -0.3 is 4.42 Å². The van der Waals surface area contributed by atoms with E-state index in [0.717, 1.165) is 10.4 Å². The highest BCUT2D eigenvalue weighted by atomic mass is 32.1. The van der Waals surface area contributed by atoms with Gasteiger partial charge in [-0.25, -0.2) is 10.4 Å². The Morgan fingerprint density at radius 1 is 1.67 bits per heavy atom. The molecule has 2 aromatic heterocycles. The van der Waals surface area contributed by atoms with E-state index in [9.17, 15) is 0 Å². The Morgan fingerprint density at radius 3 is 3.11 bits per heavy atom. The van der Waals surface area contributed by atoms with E-state index in [4.69, 9.17) is 9.68 Å². The van der Waals surface area contributed by atoms with Crippen LogP contribution >= 0.6 is 11.3 Å². The van der Waals surface area contributed by atoms with Gasteiger partial charge in [-0.3, -0.25) is 0 Å². The number of nitrogens with zero attached hydrogens (tertiary/aromatic N) is 3. The van der Waals surface area contributed by atoms with E-state index in [0.29, 0.717) is 18.2 Å². The summed E-state index contributed by atoms with van der Waals surface area (Å²) in [5.74, 6) is 0.816. The molecule has 0 amide bonds. The van der Waals surface area contributed by atoms with Gasteiger partial charge in [0.25, 0.3) is 5.88 Å². The van der Waals surface area contributed by atoms with Gasteiger partial charge in [0, 0.05) is 11.3 Å². The Kier molecular flexibility index (Phi) is 3.75. The largest absolute Gasteiger partial charge is 0.422 e. The molecule has 0 radical (unpaired) electrons. The Balaban J connectivity index is 2.11. The van der Waals surface area contributed by atoms with E-state index in [-0.39, 0.29) is 5.69 Å². The van der Waals surface area contributed by atoms with Gasteiger partial charge >= 0.3 is 0 Å². The lowest BCUT2D eigenvalue weighted by atomic mass is 10.3. The molecule has 0 aliphatic heterocycles. The van der Waals surface area contributed by atoms with Crippen LogP contribution in [0.5, 0.6) is 0 Å². The molecule has 0 aliphatic rings. The zero-order valence-electron chi connectivity index (χ0n) is 10.1. The second-order valence-electron chi connectivity index (χ2n) is 3.59. The summed E-state index contributed by atoms with van der Waals surface area (Å²) in [6, 6.07) is 3.99. The van der Waals surface area contributed by atoms with Crippen molar-refractivity contribution in [1.29, 1.82) is 5.26 Å². The lowest BCUT2D eigenvalue weighted by Crippen LogP contribution is -1.91. The summed E-state index contributed by atoms with van der Waals surface area (Å²) in [4.78, 5) is 5.08. The third-order valence-electron chi connectivity index (χ3n) is 2.33. The van der Waals surface area contributed by atoms with Crippen molar-refractivity contribution in [3.63, 3.8) is 0 Å². The Bertz CT molecular complexity index is 606. The van der Waals surface area contributed by atoms with Crippen molar-refractivity contribution in [3.05, 3.63) is 33.5 Å². The molecule has 0 bridgehead atoms. The van der Waals surface area contributed by atoms with Crippen LogP contribution in [0, 0.1) is 18.3 Å². The van der Waals surface area contributed by atoms with Crippen molar-refractivity contribution in [2.24, 2.45) is 5.10 Å². The molecule has 92 valence electrons. The van der Waals surface area contributed by atoms with Gasteiger partial charge in [-0.2, -0.15) is 10.4 Å². The highest BCUT2D eigenvalue weighted by Gasteiger charge is 2.10. The first kappa shape index (κ1) is 12.3. The molecule has 0 fully saturated rings. The van der Waals surface area contributed by atoms with Gasteiger partial charge in [0.2, 0.25) is 5.69 Å². The fraction of sp³-hybridized carbons (Fsp3) is 0.250. The molecule has 0 atom stereocenters. The first-order valence-corrected chi connectivity index (χ1v) is 6.35. The average molecular weight is 260 g/mol. The van der Waals surface area contributed by atoms with Crippen molar-refractivity contribution in [1.82, 2.24) is 4.98 Å². The number of hydrazone groups is 1. The van der Waals surface area contributed by atoms with Gasteiger partial charge in [-0.05, 0) is 23.9 Å². The first-order chi connectivity index (χ1) is 8.74. The predicted molar refractivity (Wildman–Crippen MR) is 70.9 cm³/mol. The third-order valence-corrected chi connectivity index (χ3v) is 3.28. The predicted octanol–water partition coefficient (Wildman–Crippen LogP) is 2.92. The normalized spacial score (nSPS) is 10.7. The van der Waals surface area contributed by atoms with Gasteiger partial charge in [-0.1, -0.05) is 6.92 Å². The van der Waals surface area contributed by atoms with Crippen LogP contribution in [0.4, 0.5) is 5.88 Å². The molecular formula is C12H12N4OS. The maximum atomic E-state index is 8.89. The van der Waals surface area contributed by atoms with Crippen molar-refractivity contribution in [2.75, 3.05) is 5.43 Å². The highest BCUT2D eigenvalue weighted by Crippen LogP contribution is 2.17. The van der Waals surface area contributed by atoms with Crippen LogP contribution in [0.2, 0.25) is 0 Å². The monoisotopic (exact) mass is 260 g/mol. The molecule has 0 aliphatic carbocycles. The number of oxazole rings is 1. The summed E-state index contributed by atoms with van der Waals surface area (Å²) in [6.45, 7) is 3.93. The molecule has 18 heavy (non-hydrogen) atoms. The van der Waals surface area contributed by atoms with E-state index in [1.165, 1.54) is 0 Å². The summed E-state index contributed by atoms with van der Waals surface area (Å²) >= 11 is 1.60. The highest BCUT2D eigenvalue weighted by molar-refractivity contribution is 7.11. The molecule has 2 aromatic rings. The minimum absolute atomic E-state index is 0.229. The molecule has 2 heterocycles. The molecule has 0 aromatic carbocycles. The third kappa shape index (κ3) is 2.57. The molecule has 0 saturated carbocycles. The smallest absolute Gasteiger partial charge is 0.252 e. The minimum Gasteiger partial charge on any atom is -0.422 e. The van der Waals surface area contributed by atoms with Crippen LogP contribution in [0.25, 0.3) is 0 Å². The number of anilines is 1. The second-order valence-corrected chi connectivity index (χ2v) is 4.54. The van der Waals surface area contributed by atoms with Gasteiger partial charge in [-0.15, -0.1) is 11.3 Å². The maximum absolute atomic E-state index is 8.89. The van der Waals surface area contributed by atoms with Crippen molar-refractivity contribution in [3.8, 4) is 6.07 Å². The molecule has 0 spiro atoms. The van der Waals surface area contributed by atoms with Crippen LogP contribution in [-0.4, -0.2) is 11.2 Å². The van der Waals surface area contributed by atoms with Crippen molar-refractivity contribution >= 4 is 23.4 Å². The quantitative estimate of drug-likeness (QED) is 0.677. The molecule has 0 unspecified atom stereocenters. The lowest BCUT2D eigenvalue weighted by molar-refractivity contribution is 0.513. The van der Waals surface area contributed by atoms with Gasteiger partial charge in [0.15, 0.2) is 5.89 Å². The summed E-state index contributed by atoms with van der Waals surface area (Å²) in [5, 5.41) is 14.9. The summed E-state index contributed by atoms with van der Waals surface area (Å²) in [5.41, 5.74) is 4.10. The molecule has 0 saturated heterocycles. The van der Waals surface area contributed by atoms with Crippen molar-refractivity contribution in [2.45, 2.75) is 20.3 Å². The number of rotatable bonds is 4. The number of nitrogens with one attached hydrogen (secondary N) is 1. The maximum Gasteiger partial charge on any atom is 0.252 e. The standard InChI is InChI=1S/C12H12N4OS/c1-3-11-15-9(6-13)12(17-11)16-14-7-10-8(2)4-5-18-10/h4-5,7,16H,3H2,1-2H3. The van der Waals surface area contributed by atoms with Crippen LogP contribution in [-0.2, 0) is 6.42 Å². The Labute approximate surface area is 109 Å². The zero-order chi connectivity index (χ0) is 13.0. The number of aromatic nitrogens is 1. The second kappa shape index (κ2) is 5.47. The fourth-order valence-electron chi connectivity index (χ4n) is 1.33. The molecular weight excluding hydrogens is 248 g/mol. The Hall–Kier alpha value is -2.13. The number of hydrogen-bond donors (Lipinski definition) is 1. The van der Waals surface area contributed by atoms with E-state index < -0.39 is 0 Å². The van der Waals surface area contributed by atoms with Gasteiger partial charge in [0.1, 0.15) is 6.07 Å². The van der Waals surface area contributed by atoms with E-state index >= 15 is 0 Å². The average Bonchev–Trinajstić information content (AvgIpc) is 2.96. The number of aryl methyl sites for hydroxylation is 2. The van der Waals surface area contributed by atoms with Crippen LogP contribution in [0.1, 0.15) is 28.9 Å².